The second kappa shape index (κ2) is 3.71. The molecule has 4 nitrogen and oxygen atoms in total. The molecule has 0 aliphatic carbocycles. The molecular formula is C8H11N3O. The molecular weight excluding hydrogens is 154 g/mol. The lowest BCUT2D eigenvalue weighted by molar-refractivity contribution is -0.113. The van der Waals surface area contributed by atoms with Gasteiger partial charge < -0.3 is 9.88 Å². The Labute approximate surface area is 70.9 Å². The summed E-state index contributed by atoms with van der Waals surface area (Å²) in [4.78, 5) is 18.5. The summed E-state index contributed by atoms with van der Waals surface area (Å²) in [5, 5.41) is 0. The third kappa shape index (κ3) is 1.95. The molecule has 0 unspecified atom stereocenters. The Bertz CT molecular complexity index is 290. The first-order valence-electron chi connectivity index (χ1n) is 3.59. The number of carbonyl (C=O) groups is 1. The van der Waals surface area contributed by atoms with Gasteiger partial charge in [-0.1, -0.05) is 0 Å². The molecule has 0 bridgehead atoms. The maximum atomic E-state index is 10.2. The van der Waals surface area contributed by atoms with Gasteiger partial charge in [-0.25, -0.2) is 4.99 Å². The van der Waals surface area contributed by atoms with Crippen molar-refractivity contribution in [1.29, 1.82) is 0 Å². The second-order valence-corrected chi connectivity index (χ2v) is 2.54. The zero-order valence-corrected chi connectivity index (χ0v) is 7.11. The maximum Gasteiger partial charge on any atom is 0.214 e. The Balaban J connectivity index is 2.69. The Hall–Kier alpha value is -1.58. The molecule has 0 fully saturated rings. The van der Waals surface area contributed by atoms with Crippen LogP contribution in [0.1, 0.15) is 5.56 Å². The molecule has 12 heavy (non-hydrogen) atoms. The summed E-state index contributed by atoms with van der Waals surface area (Å²) in [6, 6.07) is 0. The molecule has 0 saturated carbocycles. The first-order chi connectivity index (χ1) is 5.74. The number of nitrogens with zero attached hydrogens (tertiary/aromatic N) is 2. The largest absolute Gasteiger partial charge is 0.365 e. The lowest BCUT2D eigenvalue weighted by Crippen LogP contribution is -2.12. The third-order valence-corrected chi connectivity index (χ3v) is 1.47. The summed E-state index contributed by atoms with van der Waals surface area (Å²) in [6.07, 6.45) is 5.81. The highest BCUT2D eigenvalue weighted by Gasteiger charge is 1.94. The smallest absolute Gasteiger partial charge is 0.214 e. The third-order valence-electron chi connectivity index (χ3n) is 1.47. The minimum atomic E-state index is 0.700. The molecule has 0 atom stereocenters. The summed E-state index contributed by atoms with van der Waals surface area (Å²) >= 11 is 0. The highest BCUT2D eigenvalue weighted by atomic mass is 16.1. The molecule has 0 radical (unpaired) electrons. The summed E-state index contributed by atoms with van der Waals surface area (Å²) in [5.41, 5.74) is 1.91. The van der Waals surface area contributed by atoms with Gasteiger partial charge in [0.25, 0.3) is 0 Å². The van der Waals surface area contributed by atoms with E-state index in [4.69, 9.17) is 0 Å². The number of amides is 1. The Morgan fingerprint density at radius 2 is 2.33 bits per heavy atom. The Kier molecular flexibility index (Phi) is 2.63. The monoisotopic (exact) mass is 165 g/mol. The number of hydrogen-bond donors (Lipinski definition) is 1. The van der Waals surface area contributed by atoms with Crippen LogP contribution in [-0.4, -0.2) is 29.7 Å². The molecule has 1 aromatic heterocycles. The number of H-pyrrole nitrogens is 1. The number of aliphatic imine (C=N–C) groups is 1. The first kappa shape index (κ1) is 8.52. The molecule has 0 aliphatic heterocycles. The fraction of sp³-hybridized carbons (Fsp3) is 0.250. The van der Waals surface area contributed by atoms with Crippen molar-refractivity contribution in [2.45, 2.75) is 6.92 Å². The standard InChI is InChI=1S/C8H11N3O/c1-7-3-9-4-8(7)10-5-11(2)6-12/h3-6,9H,1-2H3. The van der Waals surface area contributed by atoms with E-state index in [1.807, 2.05) is 13.1 Å². The normalized spacial score (nSPS) is 10.5. The van der Waals surface area contributed by atoms with Gasteiger partial charge in [0.1, 0.15) is 0 Å². The Morgan fingerprint density at radius 1 is 1.58 bits per heavy atom. The van der Waals surface area contributed by atoms with E-state index in [1.165, 1.54) is 11.2 Å². The van der Waals surface area contributed by atoms with E-state index in [2.05, 4.69) is 9.98 Å². The number of aromatic nitrogens is 1. The van der Waals surface area contributed by atoms with Gasteiger partial charge in [-0.2, -0.15) is 0 Å². The summed E-state index contributed by atoms with van der Waals surface area (Å²) in [6.45, 7) is 1.95. The number of nitrogens with one attached hydrogen (secondary N) is 1. The molecule has 1 rings (SSSR count). The molecule has 1 aromatic rings. The van der Waals surface area contributed by atoms with Crippen LogP contribution in [0.15, 0.2) is 17.4 Å². The van der Waals surface area contributed by atoms with Gasteiger partial charge in [0.15, 0.2) is 0 Å². The van der Waals surface area contributed by atoms with Gasteiger partial charge in [0.2, 0.25) is 6.41 Å². The van der Waals surface area contributed by atoms with Crippen LogP contribution in [0.2, 0.25) is 0 Å². The predicted molar refractivity (Wildman–Crippen MR) is 47.5 cm³/mol. The van der Waals surface area contributed by atoms with E-state index < -0.39 is 0 Å². The van der Waals surface area contributed by atoms with E-state index in [-0.39, 0.29) is 0 Å². The second-order valence-electron chi connectivity index (χ2n) is 2.54. The van der Waals surface area contributed by atoms with Crippen LogP contribution in [0.5, 0.6) is 0 Å². The van der Waals surface area contributed by atoms with Crippen molar-refractivity contribution in [2.75, 3.05) is 7.05 Å². The predicted octanol–water partition coefficient (Wildman–Crippen LogP) is 1.07. The van der Waals surface area contributed by atoms with Gasteiger partial charge in [-0.15, -0.1) is 0 Å². The minimum Gasteiger partial charge on any atom is -0.365 e. The van der Waals surface area contributed by atoms with Crippen LogP contribution < -0.4 is 0 Å². The number of aromatic amines is 1. The maximum absolute atomic E-state index is 10.2. The minimum absolute atomic E-state index is 0.700. The molecule has 1 heterocycles. The number of hydrogen-bond acceptors (Lipinski definition) is 2. The van der Waals surface area contributed by atoms with Crippen molar-refractivity contribution in [1.82, 2.24) is 9.88 Å². The Morgan fingerprint density at radius 3 is 2.83 bits per heavy atom. The van der Waals surface area contributed by atoms with Gasteiger partial charge in [-0.3, -0.25) is 4.79 Å². The molecule has 4 heteroatoms. The molecule has 0 aromatic carbocycles. The van der Waals surface area contributed by atoms with Crippen LogP contribution in [0.25, 0.3) is 0 Å². The molecule has 64 valence electrons. The average Bonchev–Trinajstić information content (AvgIpc) is 2.47. The lowest BCUT2D eigenvalue weighted by atomic mass is 10.3. The molecule has 1 amide bonds. The highest BCUT2D eigenvalue weighted by Crippen LogP contribution is 2.15. The highest BCUT2D eigenvalue weighted by molar-refractivity contribution is 5.74. The van der Waals surface area contributed by atoms with E-state index in [9.17, 15) is 4.79 Å². The zero-order chi connectivity index (χ0) is 8.97. The van der Waals surface area contributed by atoms with Crippen LogP contribution in [0.4, 0.5) is 5.69 Å². The van der Waals surface area contributed by atoms with Crippen molar-refractivity contribution >= 4 is 18.4 Å². The van der Waals surface area contributed by atoms with E-state index in [0.717, 1.165) is 11.3 Å². The van der Waals surface area contributed by atoms with E-state index >= 15 is 0 Å². The average molecular weight is 165 g/mol. The summed E-state index contributed by atoms with van der Waals surface area (Å²) in [7, 11) is 1.64. The lowest BCUT2D eigenvalue weighted by Gasteiger charge is -1.99. The van der Waals surface area contributed by atoms with E-state index in [1.54, 1.807) is 13.2 Å². The van der Waals surface area contributed by atoms with Crippen molar-refractivity contribution in [3.8, 4) is 0 Å². The van der Waals surface area contributed by atoms with Gasteiger partial charge in [-0.05, 0) is 12.5 Å². The quantitative estimate of drug-likeness (QED) is 0.406. The molecule has 0 aliphatic rings. The van der Waals surface area contributed by atoms with Crippen LogP contribution in [0, 0.1) is 6.92 Å². The van der Waals surface area contributed by atoms with Crippen molar-refractivity contribution in [3.05, 3.63) is 18.0 Å². The van der Waals surface area contributed by atoms with Crippen LogP contribution in [0.3, 0.4) is 0 Å². The molecule has 1 N–H and O–H groups in total. The van der Waals surface area contributed by atoms with E-state index in [0.29, 0.717) is 6.41 Å². The van der Waals surface area contributed by atoms with Crippen LogP contribution >= 0.6 is 0 Å². The van der Waals surface area contributed by atoms with Crippen molar-refractivity contribution in [2.24, 2.45) is 4.99 Å². The summed E-state index contributed by atoms with van der Waals surface area (Å²) < 4.78 is 0. The van der Waals surface area contributed by atoms with Crippen LogP contribution in [-0.2, 0) is 4.79 Å². The van der Waals surface area contributed by atoms with Crippen molar-refractivity contribution < 1.29 is 4.79 Å². The number of carbonyl (C=O) groups excluding carboxylic acids is 1. The molecule has 0 saturated heterocycles. The van der Waals surface area contributed by atoms with Crippen molar-refractivity contribution in [3.63, 3.8) is 0 Å². The number of rotatable bonds is 3. The zero-order valence-electron chi connectivity index (χ0n) is 7.11. The SMILES string of the molecule is Cc1c[nH]cc1N=CN(C)C=O. The van der Waals surface area contributed by atoms with Gasteiger partial charge in [0, 0.05) is 19.4 Å². The molecule has 0 spiro atoms. The van der Waals surface area contributed by atoms with Gasteiger partial charge in [0.05, 0.1) is 12.0 Å². The fourth-order valence-electron chi connectivity index (χ4n) is 0.753. The first-order valence-corrected chi connectivity index (χ1v) is 3.59. The topological polar surface area (TPSA) is 48.5 Å². The summed E-state index contributed by atoms with van der Waals surface area (Å²) in [5.74, 6) is 0. The number of aryl methyl sites for hydroxylation is 1. The fourth-order valence-corrected chi connectivity index (χ4v) is 0.753. The van der Waals surface area contributed by atoms with Gasteiger partial charge >= 0.3 is 0 Å².